The van der Waals surface area contributed by atoms with Crippen molar-refractivity contribution in [1.29, 1.82) is 5.26 Å². The standard InChI is InChI=1S/C22H27N3O2/c1-5-27-19-10-13(6-9-18(19)26)20-15-11-14(22(2,3)4)7-8-17(15)25-21(24)16(20)12-23/h6,9-10,14,26H,5,7-8,11H2,1-4H3,(H2,24,25)/p+1/t14-/m0/s1. The highest BCUT2D eigenvalue weighted by atomic mass is 16.5. The number of nitriles is 1. The van der Waals surface area contributed by atoms with Crippen molar-refractivity contribution in [2.75, 3.05) is 12.3 Å². The molecule has 0 unspecified atom stereocenters. The fourth-order valence-electron chi connectivity index (χ4n) is 3.96. The lowest BCUT2D eigenvalue weighted by Crippen LogP contribution is -2.32. The van der Waals surface area contributed by atoms with Crippen molar-refractivity contribution in [3.63, 3.8) is 0 Å². The lowest BCUT2D eigenvalue weighted by molar-refractivity contribution is -0.375. The van der Waals surface area contributed by atoms with Crippen molar-refractivity contribution in [3.05, 3.63) is 35.0 Å². The van der Waals surface area contributed by atoms with Gasteiger partial charge >= 0.3 is 0 Å². The van der Waals surface area contributed by atoms with E-state index in [-0.39, 0.29) is 11.2 Å². The number of hydrogen-bond acceptors (Lipinski definition) is 4. The van der Waals surface area contributed by atoms with E-state index < -0.39 is 0 Å². The van der Waals surface area contributed by atoms with Crippen LogP contribution in [0.2, 0.25) is 0 Å². The number of hydrogen-bond donors (Lipinski definition) is 2. The van der Waals surface area contributed by atoms with Gasteiger partial charge < -0.3 is 9.84 Å². The van der Waals surface area contributed by atoms with Crippen molar-refractivity contribution < 1.29 is 14.8 Å². The average molecular weight is 366 g/mol. The highest BCUT2D eigenvalue weighted by Gasteiger charge is 2.34. The molecule has 0 aliphatic heterocycles. The Labute approximate surface area is 160 Å². The number of aromatic amines is 1. The number of rotatable bonds is 3. The monoisotopic (exact) mass is 366 g/mol. The van der Waals surface area contributed by atoms with Crippen LogP contribution in [0.15, 0.2) is 18.2 Å². The van der Waals surface area contributed by atoms with E-state index >= 15 is 0 Å². The second-order valence-electron chi connectivity index (χ2n) is 8.28. The summed E-state index contributed by atoms with van der Waals surface area (Å²) in [6.07, 6.45) is 2.90. The predicted molar refractivity (Wildman–Crippen MR) is 105 cm³/mol. The lowest BCUT2D eigenvalue weighted by Gasteiger charge is -2.35. The van der Waals surface area contributed by atoms with Gasteiger partial charge in [-0.15, -0.1) is 0 Å². The van der Waals surface area contributed by atoms with Gasteiger partial charge in [0.25, 0.3) is 5.82 Å². The van der Waals surface area contributed by atoms with Gasteiger partial charge in [0.15, 0.2) is 11.5 Å². The van der Waals surface area contributed by atoms with Crippen LogP contribution in [-0.4, -0.2) is 11.7 Å². The number of fused-ring (bicyclic) bond motifs is 1. The highest BCUT2D eigenvalue weighted by molar-refractivity contribution is 5.79. The van der Waals surface area contributed by atoms with E-state index in [9.17, 15) is 10.4 Å². The summed E-state index contributed by atoms with van der Waals surface area (Å²) in [6.45, 7) is 9.13. The Morgan fingerprint density at radius 2 is 2.11 bits per heavy atom. The number of aromatic nitrogens is 1. The summed E-state index contributed by atoms with van der Waals surface area (Å²) in [5, 5.41) is 19.8. The summed E-state index contributed by atoms with van der Waals surface area (Å²) < 4.78 is 5.55. The van der Waals surface area contributed by atoms with Crippen molar-refractivity contribution >= 4 is 5.82 Å². The average Bonchev–Trinajstić information content (AvgIpc) is 2.61. The maximum absolute atomic E-state index is 10.1. The van der Waals surface area contributed by atoms with Crippen molar-refractivity contribution in [2.24, 2.45) is 11.3 Å². The van der Waals surface area contributed by atoms with Crippen molar-refractivity contribution in [2.45, 2.75) is 47.0 Å². The SMILES string of the molecule is CCOc1cc(-c2c(C#N)c(N)[nH+]c3c2C[C@@H](C(C)(C)C)CC3)ccc1O. The molecule has 4 N–H and O–H groups in total. The second kappa shape index (κ2) is 7.11. The highest BCUT2D eigenvalue weighted by Crippen LogP contribution is 2.42. The number of aryl methyl sites for hydroxylation is 1. The van der Waals surface area contributed by atoms with E-state index in [1.165, 1.54) is 0 Å². The number of pyridine rings is 1. The number of ether oxygens (including phenoxy) is 1. The van der Waals surface area contributed by atoms with Crippen LogP contribution in [0, 0.1) is 22.7 Å². The molecule has 1 atom stereocenters. The van der Waals surface area contributed by atoms with Crippen LogP contribution in [0.4, 0.5) is 5.82 Å². The van der Waals surface area contributed by atoms with Crippen LogP contribution in [0.1, 0.15) is 50.9 Å². The fraction of sp³-hybridized carbons (Fsp3) is 0.455. The summed E-state index contributed by atoms with van der Waals surface area (Å²) >= 11 is 0. The Hall–Kier alpha value is -2.74. The molecule has 1 aromatic carbocycles. The molecule has 5 heteroatoms. The Balaban J connectivity index is 2.22. The van der Waals surface area contributed by atoms with E-state index in [4.69, 9.17) is 10.5 Å². The molecule has 2 aromatic rings. The van der Waals surface area contributed by atoms with Crippen molar-refractivity contribution in [1.82, 2.24) is 0 Å². The number of phenols is 1. The molecule has 1 aromatic heterocycles. The number of H-pyrrole nitrogens is 1. The van der Waals surface area contributed by atoms with Crippen LogP contribution >= 0.6 is 0 Å². The first-order chi connectivity index (χ1) is 12.8. The Bertz CT molecular complexity index is 907. The third kappa shape index (κ3) is 3.57. The van der Waals surface area contributed by atoms with Gasteiger partial charge in [-0.1, -0.05) is 26.8 Å². The van der Waals surface area contributed by atoms with E-state index in [1.807, 2.05) is 13.0 Å². The normalized spacial score (nSPS) is 16.5. The molecular formula is C22H28N3O2+. The quantitative estimate of drug-likeness (QED) is 0.862. The Kier molecular flexibility index (Phi) is 5.01. The summed E-state index contributed by atoms with van der Waals surface area (Å²) in [5.41, 5.74) is 10.8. The van der Waals surface area contributed by atoms with Crippen LogP contribution < -0.4 is 15.5 Å². The minimum Gasteiger partial charge on any atom is -0.504 e. The summed E-state index contributed by atoms with van der Waals surface area (Å²) in [6, 6.07) is 7.52. The molecule has 1 aliphatic carbocycles. The third-order valence-corrected chi connectivity index (χ3v) is 5.55. The number of nitrogens with two attached hydrogens (primary N) is 1. The van der Waals surface area contributed by atoms with E-state index in [1.54, 1.807) is 12.1 Å². The number of phenolic OH excluding ortho intramolecular Hbond substituents is 1. The van der Waals surface area contributed by atoms with Gasteiger partial charge in [0.05, 0.1) is 6.61 Å². The number of aromatic hydroxyl groups is 1. The molecule has 0 saturated carbocycles. The molecule has 0 bridgehead atoms. The van der Waals surface area contributed by atoms with Gasteiger partial charge in [0.2, 0.25) is 0 Å². The number of nitrogen functional groups attached to an aromatic ring is 1. The second-order valence-corrected chi connectivity index (χ2v) is 8.28. The summed E-state index contributed by atoms with van der Waals surface area (Å²) in [4.78, 5) is 3.26. The number of nitrogens with zero attached hydrogens (tertiary/aromatic N) is 1. The summed E-state index contributed by atoms with van der Waals surface area (Å²) in [7, 11) is 0. The first-order valence-corrected chi connectivity index (χ1v) is 9.49. The topological polar surface area (TPSA) is 93.4 Å². The summed E-state index contributed by atoms with van der Waals surface area (Å²) in [5.74, 6) is 1.43. The minimum atomic E-state index is 0.0935. The van der Waals surface area contributed by atoms with Crippen LogP contribution in [0.3, 0.4) is 0 Å². The van der Waals surface area contributed by atoms with E-state index in [0.717, 1.165) is 41.6 Å². The molecule has 0 spiro atoms. The van der Waals surface area contributed by atoms with Gasteiger partial charge in [-0.25, -0.2) is 4.98 Å². The van der Waals surface area contributed by atoms with E-state index in [2.05, 4.69) is 31.8 Å². The molecule has 0 saturated heterocycles. The van der Waals surface area contributed by atoms with Crippen LogP contribution in [-0.2, 0) is 12.8 Å². The molecule has 5 nitrogen and oxygen atoms in total. The zero-order valence-electron chi connectivity index (χ0n) is 16.5. The van der Waals surface area contributed by atoms with Crippen LogP contribution in [0.25, 0.3) is 11.1 Å². The van der Waals surface area contributed by atoms with Crippen LogP contribution in [0.5, 0.6) is 11.5 Å². The lowest BCUT2D eigenvalue weighted by atomic mass is 9.70. The smallest absolute Gasteiger partial charge is 0.289 e. The zero-order chi connectivity index (χ0) is 19.8. The molecule has 1 aliphatic rings. The van der Waals surface area contributed by atoms with E-state index in [0.29, 0.717) is 29.7 Å². The number of benzene rings is 1. The van der Waals surface area contributed by atoms with Gasteiger partial charge in [-0.3, -0.25) is 5.73 Å². The molecule has 27 heavy (non-hydrogen) atoms. The molecule has 3 rings (SSSR count). The maximum Gasteiger partial charge on any atom is 0.289 e. The van der Waals surface area contributed by atoms with Gasteiger partial charge in [0, 0.05) is 17.5 Å². The molecule has 142 valence electrons. The number of nitrogens with one attached hydrogen (secondary N) is 1. The largest absolute Gasteiger partial charge is 0.504 e. The molecule has 1 heterocycles. The fourth-order valence-corrected chi connectivity index (χ4v) is 3.96. The van der Waals surface area contributed by atoms with Gasteiger partial charge in [-0.05, 0) is 48.8 Å². The molecule has 0 fully saturated rings. The first-order valence-electron chi connectivity index (χ1n) is 9.49. The molecule has 0 amide bonds. The zero-order valence-corrected chi connectivity index (χ0v) is 16.5. The molecule has 0 radical (unpaired) electrons. The van der Waals surface area contributed by atoms with Gasteiger partial charge in [0.1, 0.15) is 17.3 Å². The third-order valence-electron chi connectivity index (χ3n) is 5.55. The maximum atomic E-state index is 10.1. The van der Waals surface area contributed by atoms with Gasteiger partial charge in [-0.2, -0.15) is 5.26 Å². The minimum absolute atomic E-state index is 0.0935. The Morgan fingerprint density at radius 3 is 2.74 bits per heavy atom. The number of anilines is 1. The predicted octanol–water partition coefficient (Wildman–Crippen LogP) is 3.88. The van der Waals surface area contributed by atoms with Crippen molar-refractivity contribution in [3.8, 4) is 28.7 Å². The molecular weight excluding hydrogens is 338 g/mol. The Morgan fingerprint density at radius 1 is 1.37 bits per heavy atom. The first kappa shape index (κ1) is 19.0.